The molecule has 0 unspecified atom stereocenters. The molecule has 1 aromatic heterocycles. The van der Waals surface area contributed by atoms with Crippen LogP contribution < -0.4 is 10.6 Å². The molecule has 0 atom stereocenters. The molecule has 2 amide bonds. The number of methoxy groups -OCH3 is 1. The van der Waals surface area contributed by atoms with Crippen molar-refractivity contribution in [3.63, 3.8) is 0 Å². The molecule has 9 nitrogen and oxygen atoms in total. The zero-order chi connectivity index (χ0) is 38.3. The molecule has 1 heterocycles. The average Bonchev–Trinajstić information content (AvgIpc) is 3.99. The van der Waals surface area contributed by atoms with Crippen molar-refractivity contribution in [1.82, 2.24) is 4.90 Å². The molecular weight excluding hydrogens is 711 g/mol. The number of rotatable bonds is 14. The first kappa shape index (κ1) is 38.5. The zero-order valence-corrected chi connectivity index (χ0v) is 32.7. The largest absolute Gasteiger partial charge is 0.466 e. The molecule has 3 aliphatic carbocycles. The van der Waals surface area contributed by atoms with Gasteiger partial charge in [0.1, 0.15) is 5.00 Å². The second-order valence-corrected chi connectivity index (χ2v) is 16.2. The Bertz CT molecular complexity index is 2010. The van der Waals surface area contributed by atoms with Crippen LogP contribution in [0.25, 0.3) is 0 Å². The Labute approximate surface area is 327 Å². The predicted octanol–water partition coefficient (Wildman–Crippen LogP) is 8.79. The number of esters is 2. The summed E-state index contributed by atoms with van der Waals surface area (Å²) in [5, 5.41) is 6.89. The fourth-order valence-electron chi connectivity index (χ4n) is 8.17. The van der Waals surface area contributed by atoms with Crippen LogP contribution in [0.15, 0.2) is 72.8 Å². The van der Waals surface area contributed by atoms with Gasteiger partial charge in [0, 0.05) is 34.8 Å². The molecular formula is C45H51N3O6S. The number of hydrogen-bond acceptors (Lipinski definition) is 8. The summed E-state index contributed by atoms with van der Waals surface area (Å²) in [4.78, 5) is 55.8. The van der Waals surface area contributed by atoms with E-state index in [2.05, 4.69) is 21.6 Å². The first-order chi connectivity index (χ1) is 26.8. The number of carbonyl (C=O) groups is 4. The molecule has 4 aromatic rings. The lowest BCUT2D eigenvalue weighted by molar-refractivity contribution is -0.149. The molecule has 7 rings (SSSR count). The Kier molecular flexibility index (Phi) is 12.4. The number of amides is 2. The van der Waals surface area contributed by atoms with E-state index in [9.17, 15) is 19.2 Å². The predicted molar refractivity (Wildman–Crippen MR) is 216 cm³/mol. The minimum atomic E-state index is -0.353. The van der Waals surface area contributed by atoms with Crippen molar-refractivity contribution < 1.29 is 28.7 Å². The molecule has 2 N–H and O–H groups in total. The molecule has 3 aromatic carbocycles. The molecule has 55 heavy (non-hydrogen) atoms. The van der Waals surface area contributed by atoms with Crippen molar-refractivity contribution >= 4 is 45.8 Å². The van der Waals surface area contributed by atoms with Gasteiger partial charge in [0.15, 0.2) is 0 Å². The van der Waals surface area contributed by atoms with Gasteiger partial charge in [-0.15, -0.1) is 11.3 Å². The molecule has 10 heteroatoms. The van der Waals surface area contributed by atoms with Crippen LogP contribution in [-0.4, -0.2) is 54.5 Å². The van der Waals surface area contributed by atoms with Crippen LogP contribution in [0.5, 0.6) is 0 Å². The van der Waals surface area contributed by atoms with Gasteiger partial charge in [-0.1, -0.05) is 36.4 Å². The zero-order valence-electron chi connectivity index (χ0n) is 31.9. The van der Waals surface area contributed by atoms with E-state index in [0.29, 0.717) is 46.1 Å². The van der Waals surface area contributed by atoms with Gasteiger partial charge in [-0.2, -0.15) is 0 Å². The maximum atomic E-state index is 14.0. The van der Waals surface area contributed by atoms with Gasteiger partial charge in [-0.3, -0.25) is 19.3 Å². The summed E-state index contributed by atoms with van der Waals surface area (Å²) >= 11 is 1.52. The Morgan fingerprint density at radius 1 is 0.745 bits per heavy atom. The van der Waals surface area contributed by atoms with E-state index in [4.69, 9.17) is 9.47 Å². The third-order valence-electron chi connectivity index (χ3n) is 11.2. The summed E-state index contributed by atoms with van der Waals surface area (Å²) < 4.78 is 10.1. The quantitative estimate of drug-likeness (QED) is 0.124. The lowest BCUT2D eigenvalue weighted by atomic mass is 9.85. The van der Waals surface area contributed by atoms with E-state index < -0.39 is 0 Å². The van der Waals surface area contributed by atoms with Crippen LogP contribution in [0.4, 0.5) is 10.7 Å². The summed E-state index contributed by atoms with van der Waals surface area (Å²) in [5.74, 6) is -0.844. The van der Waals surface area contributed by atoms with Gasteiger partial charge in [0.05, 0.1) is 30.8 Å². The van der Waals surface area contributed by atoms with E-state index in [1.165, 1.54) is 36.2 Å². The molecule has 0 bridgehead atoms. The van der Waals surface area contributed by atoms with E-state index in [-0.39, 0.29) is 29.7 Å². The number of thiophene rings is 1. The number of benzene rings is 3. The number of ether oxygens (including phenoxy) is 2. The number of fused-ring (bicyclic) bond motifs is 1. The molecule has 0 saturated heterocycles. The third-order valence-corrected chi connectivity index (χ3v) is 12.5. The highest BCUT2D eigenvalue weighted by Gasteiger charge is 2.37. The maximum Gasteiger partial charge on any atom is 0.337 e. The highest BCUT2D eigenvalue weighted by Crippen LogP contribution is 2.40. The Morgan fingerprint density at radius 3 is 2.16 bits per heavy atom. The van der Waals surface area contributed by atoms with Gasteiger partial charge in [0.2, 0.25) is 0 Å². The first-order valence-corrected chi connectivity index (χ1v) is 20.7. The Hall–Kier alpha value is -4.80. The van der Waals surface area contributed by atoms with Crippen LogP contribution in [0.3, 0.4) is 0 Å². The monoisotopic (exact) mass is 761 g/mol. The smallest absolute Gasteiger partial charge is 0.337 e. The number of nitrogens with zero attached hydrogens (tertiary/aromatic N) is 1. The van der Waals surface area contributed by atoms with E-state index in [1.807, 2.05) is 61.5 Å². The second-order valence-electron chi connectivity index (χ2n) is 15.1. The topological polar surface area (TPSA) is 114 Å². The highest BCUT2D eigenvalue weighted by atomic mass is 32.1. The normalized spacial score (nSPS) is 17.9. The second kappa shape index (κ2) is 17.8. The van der Waals surface area contributed by atoms with E-state index in [0.717, 1.165) is 93.0 Å². The van der Waals surface area contributed by atoms with Gasteiger partial charge < -0.3 is 20.1 Å². The number of nitrogens with one attached hydrogen (secondary N) is 2. The van der Waals surface area contributed by atoms with Crippen LogP contribution in [-0.2, 0) is 46.5 Å². The number of aryl methyl sites for hydroxylation is 3. The molecule has 2 saturated carbocycles. The van der Waals surface area contributed by atoms with Crippen LogP contribution >= 0.6 is 11.3 Å². The van der Waals surface area contributed by atoms with Crippen LogP contribution in [0.2, 0.25) is 0 Å². The van der Waals surface area contributed by atoms with Crippen molar-refractivity contribution in [2.24, 2.45) is 5.92 Å². The van der Waals surface area contributed by atoms with Crippen molar-refractivity contribution in [3.8, 4) is 0 Å². The van der Waals surface area contributed by atoms with Crippen LogP contribution in [0.1, 0.15) is 116 Å². The van der Waals surface area contributed by atoms with Gasteiger partial charge in [-0.05, 0) is 143 Å². The number of hydrogen-bond donors (Lipinski definition) is 2. The fraction of sp³-hybridized carbons (Fsp3) is 0.422. The SMILES string of the molecule is CCOC(=O)C1CCC(N(Cc2cccc(C(=O)Nc3sc4c(c3C(=O)Nc3cccc(CCc5ccc(C(=O)OC)cc5)c3)CCCC4)c2)C2CC2)CC1. The van der Waals surface area contributed by atoms with Crippen molar-refractivity contribution in [3.05, 3.63) is 117 Å². The standard InChI is InChI=1S/C45H51N3O6S/c1-3-54-45(52)33-20-22-36(23-21-33)48(37-24-25-37)28-31-9-6-10-34(26-31)41(49)47-43-40(38-12-4-5-13-39(38)55-43)42(50)46-35-11-7-8-30(27-35)15-14-29-16-18-32(19-17-29)44(51)53-2/h6-11,16-19,26-27,33,36-37H,3-5,12-15,20-25,28H2,1-2H3,(H,46,50)(H,47,49). The van der Waals surface area contributed by atoms with E-state index >= 15 is 0 Å². The fourth-order valence-corrected chi connectivity index (χ4v) is 9.45. The Morgan fingerprint density at radius 2 is 1.44 bits per heavy atom. The lowest BCUT2D eigenvalue weighted by Crippen LogP contribution is -2.40. The summed E-state index contributed by atoms with van der Waals surface area (Å²) in [7, 11) is 1.37. The molecule has 0 aliphatic heterocycles. The van der Waals surface area contributed by atoms with Gasteiger partial charge >= 0.3 is 11.9 Å². The maximum absolute atomic E-state index is 14.0. The van der Waals surface area contributed by atoms with Crippen molar-refractivity contribution in [1.29, 1.82) is 0 Å². The number of anilines is 2. The molecule has 2 fully saturated rings. The minimum Gasteiger partial charge on any atom is -0.466 e. The van der Waals surface area contributed by atoms with Crippen molar-refractivity contribution in [2.75, 3.05) is 24.4 Å². The van der Waals surface area contributed by atoms with Crippen LogP contribution in [0, 0.1) is 5.92 Å². The van der Waals surface area contributed by atoms with Gasteiger partial charge in [-0.25, -0.2) is 4.79 Å². The van der Waals surface area contributed by atoms with E-state index in [1.54, 1.807) is 12.1 Å². The summed E-state index contributed by atoms with van der Waals surface area (Å²) in [5.41, 5.74) is 6.69. The lowest BCUT2D eigenvalue weighted by Gasteiger charge is -2.36. The van der Waals surface area contributed by atoms with Gasteiger partial charge in [0.25, 0.3) is 11.8 Å². The highest BCUT2D eigenvalue weighted by molar-refractivity contribution is 7.17. The summed E-state index contributed by atoms with van der Waals surface area (Å²) in [6.45, 7) is 3.05. The summed E-state index contributed by atoms with van der Waals surface area (Å²) in [6, 6.07) is 24.2. The first-order valence-electron chi connectivity index (χ1n) is 19.8. The molecule has 288 valence electrons. The van der Waals surface area contributed by atoms with Crippen molar-refractivity contribution in [2.45, 2.75) is 103 Å². The molecule has 3 aliphatic rings. The summed E-state index contributed by atoms with van der Waals surface area (Å²) in [6.07, 6.45) is 11.4. The average molecular weight is 762 g/mol. The molecule has 0 spiro atoms. The minimum absolute atomic E-state index is 0.000747. The Balaban J connectivity index is 1.01. The third kappa shape index (κ3) is 9.54. The molecule has 0 radical (unpaired) electrons. The number of carbonyl (C=O) groups excluding carboxylic acids is 4.